The molecule has 1 aliphatic rings. The van der Waals surface area contributed by atoms with Crippen LogP contribution in [0.3, 0.4) is 0 Å². The number of rotatable bonds is 4. The average Bonchev–Trinajstić information content (AvgIpc) is 2.82. The maximum Gasteiger partial charge on any atom is 0.341 e. The van der Waals surface area contributed by atoms with Crippen molar-refractivity contribution >= 4 is 34.2 Å². The molecular formula is C14H14NO5S-. The van der Waals surface area contributed by atoms with Gasteiger partial charge in [-0.2, -0.15) is 0 Å². The van der Waals surface area contributed by atoms with Gasteiger partial charge in [-0.3, -0.25) is 4.79 Å². The molecule has 6 nitrogen and oxygen atoms in total. The van der Waals surface area contributed by atoms with Gasteiger partial charge in [0, 0.05) is 11.0 Å². The normalized spacial score (nSPS) is 13.8. The molecule has 2 rings (SSSR count). The number of carboxylic acid groups (broad SMARTS) is 1. The minimum absolute atomic E-state index is 0.382. The first-order valence-electron chi connectivity index (χ1n) is 6.45. The molecule has 0 spiro atoms. The summed E-state index contributed by atoms with van der Waals surface area (Å²) < 4.78 is 4.78. The van der Waals surface area contributed by atoms with Gasteiger partial charge in [0.05, 0.1) is 18.6 Å². The monoisotopic (exact) mass is 308 g/mol. The van der Waals surface area contributed by atoms with Gasteiger partial charge in [-0.25, -0.2) is 4.79 Å². The number of anilines is 1. The van der Waals surface area contributed by atoms with E-state index < -0.39 is 17.8 Å². The fourth-order valence-corrected chi connectivity index (χ4v) is 3.55. The molecule has 0 saturated carbocycles. The molecule has 0 saturated heterocycles. The van der Waals surface area contributed by atoms with Crippen LogP contribution in [0.5, 0.6) is 0 Å². The third kappa shape index (κ3) is 3.49. The molecule has 0 bridgehead atoms. The number of amides is 1. The summed E-state index contributed by atoms with van der Waals surface area (Å²) >= 11 is 1.34. The average molecular weight is 308 g/mol. The molecule has 112 valence electrons. The second kappa shape index (κ2) is 6.53. The topological polar surface area (TPSA) is 95.5 Å². The summed E-state index contributed by atoms with van der Waals surface area (Å²) in [5.41, 5.74) is 1.31. The Morgan fingerprint density at radius 1 is 1.24 bits per heavy atom. The van der Waals surface area contributed by atoms with Crippen molar-refractivity contribution in [2.24, 2.45) is 0 Å². The first-order chi connectivity index (χ1) is 10.0. The Labute approximate surface area is 125 Å². The lowest BCUT2D eigenvalue weighted by Crippen LogP contribution is -2.20. The maximum absolute atomic E-state index is 11.9. The SMILES string of the molecule is COC(=O)c1c(NC(=O)/C=C/C(=O)[O-])sc2c1CCCC2. The highest BCUT2D eigenvalue weighted by atomic mass is 32.1. The fourth-order valence-electron chi connectivity index (χ4n) is 2.27. The standard InChI is InChI=1S/C14H15NO5S/c1-20-14(19)12-8-4-2-3-5-9(8)21-13(12)15-10(16)6-7-11(17)18/h6-7H,2-5H2,1H3,(H,15,16)(H,17,18)/p-1/b7-6+. The largest absolute Gasteiger partial charge is 0.545 e. The number of aryl methyl sites for hydroxylation is 1. The van der Waals surface area contributed by atoms with E-state index in [4.69, 9.17) is 4.74 Å². The summed E-state index contributed by atoms with van der Waals surface area (Å²) in [5.74, 6) is -2.57. The van der Waals surface area contributed by atoms with E-state index in [1.54, 1.807) is 0 Å². The number of thiophene rings is 1. The molecule has 0 aromatic carbocycles. The van der Waals surface area contributed by atoms with Crippen molar-refractivity contribution in [1.82, 2.24) is 0 Å². The first-order valence-corrected chi connectivity index (χ1v) is 7.27. The molecule has 0 unspecified atom stereocenters. The van der Waals surface area contributed by atoms with Crippen molar-refractivity contribution in [3.63, 3.8) is 0 Å². The zero-order valence-corrected chi connectivity index (χ0v) is 12.2. The first kappa shape index (κ1) is 15.2. The van der Waals surface area contributed by atoms with Gasteiger partial charge < -0.3 is 20.0 Å². The van der Waals surface area contributed by atoms with Gasteiger partial charge in [-0.05, 0) is 37.3 Å². The van der Waals surface area contributed by atoms with Crippen LogP contribution < -0.4 is 10.4 Å². The molecule has 7 heteroatoms. The number of esters is 1. The Morgan fingerprint density at radius 2 is 1.95 bits per heavy atom. The number of hydrogen-bond acceptors (Lipinski definition) is 6. The summed E-state index contributed by atoms with van der Waals surface area (Å²) in [6.45, 7) is 0. The fraction of sp³-hybridized carbons (Fsp3) is 0.357. The zero-order chi connectivity index (χ0) is 15.4. The van der Waals surface area contributed by atoms with Crippen molar-refractivity contribution in [2.75, 3.05) is 12.4 Å². The smallest absolute Gasteiger partial charge is 0.341 e. The number of aliphatic carboxylic acids is 1. The third-order valence-electron chi connectivity index (χ3n) is 3.17. The maximum atomic E-state index is 11.9. The predicted molar refractivity (Wildman–Crippen MR) is 75.1 cm³/mol. The van der Waals surface area contributed by atoms with Gasteiger partial charge in [0.2, 0.25) is 5.91 Å². The Morgan fingerprint density at radius 3 is 2.62 bits per heavy atom. The van der Waals surface area contributed by atoms with Crippen LogP contribution in [0.15, 0.2) is 12.2 Å². The highest BCUT2D eigenvalue weighted by molar-refractivity contribution is 7.17. The lowest BCUT2D eigenvalue weighted by Gasteiger charge is -2.11. The summed E-state index contributed by atoms with van der Waals surface area (Å²) in [6.07, 6.45) is 5.18. The predicted octanol–water partition coefficient (Wildman–Crippen LogP) is 0.658. The van der Waals surface area contributed by atoms with E-state index in [9.17, 15) is 19.5 Å². The molecule has 21 heavy (non-hydrogen) atoms. The second-order valence-corrected chi connectivity index (χ2v) is 5.65. The number of hydrogen-bond donors (Lipinski definition) is 1. The van der Waals surface area contributed by atoms with E-state index in [2.05, 4.69) is 5.32 Å². The Kier molecular flexibility index (Phi) is 4.74. The van der Waals surface area contributed by atoms with E-state index in [0.717, 1.165) is 42.2 Å². The quantitative estimate of drug-likeness (QED) is 0.651. The number of methoxy groups -OCH3 is 1. The molecular weight excluding hydrogens is 294 g/mol. The number of carboxylic acids is 1. The van der Waals surface area contributed by atoms with Crippen LogP contribution in [0.2, 0.25) is 0 Å². The molecule has 1 aliphatic carbocycles. The zero-order valence-electron chi connectivity index (χ0n) is 11.4. The highest BCUT2D eigenvalue weighted by Crippen LogP contribution is 2.38. The minimum atomic E-state index is -1.45. The van der Waals surface area contributed by atoms with Crippen LogP contribution in [0.25, 0.3) is 0 Å². The highest BCUT2D eigenvalue weighted by Gasteiger charge is 2.26. The van der Waals surface area contributed by atoms with Gasteiger partial charge in [0.15, 0.2) is 0 Å². The van der Waals surface area contributed by atoms with Crippen LogP contribution in [-0.2, 0) is 27.2 Å². The summed E-state index contributed by atoms with van der Waals surface area (Å²) in [4.78, 5) is 34.9. The van der Waals surface area contributed by atoms with Crippen molar-refractivity contribution in [3.05, 3.63) is 28.2 Å². The lowest BCUT2D eigenvalue weighted by molar-refractivity contribution is -0.297. The van der Waals surface area contributed by atoms with Gasteiger partial charge in [0.25, 0.3) is 0 Å². The number of carbonyl (C=O) groups is 3. The molecule has 1 amide bonds. The number of fused-ring (bicyclic) bond motifs is 1. The van der Waals surface area contributed by atoms with Crippen molar-refractivity contribution in [2.45, 2.75) is 25.7 Å². The van der Waals surface area contributed by atoms with E-state index in [1.165, 1.54) is 18.4 Å². The Bertz CT molecular complexity index is 617. The van der Waals surface area contributed by atoms with E-state index >= 15 is 0 Å². The number of carbonyl (C=O) groups excluding carboxylic acids is 3. The molecule has 0 radical (unpaired) electrons. The number of ether oxygens (including phenoxy) is 1. The molecule has 0 fully saturated rings. The van der Waals surface area contributed by atoms with Crippen LogP contribution >= 0.6 is 11.3 Å². The Hall–Kier alpha value is -2.15. The van der Waals surface area contributed by atoms with E-state index in [0.29, 0.717) is 16.6 Å². The van der Waals surface area contributed by atoms with Gasteiger partial charge >= 0.3 is 5.97 Å². The minimum Gasteiger partial charge on any atom is -0.545 e. The van der Waals surface area contributed by atoms with Crippen LogP contribution in [-0.4, -0.2) is 25.0 Å². The van der Waals surface area contributed by atoms with E-state index in [-0.39, 0.29) is 0 Å². The van der Waals surface area contributed by atoms with Crippen molar-refractivity contribution in [3.8, 4) is 0 Å². The van der Waals surface area contributed by atoms with Crippen LogP contribution in [0, 0.1) is 0 Å². The van der Waals surface area contributed by atoms with Gasteiger partial charge in [0.1, 0.15) is 5.00 Å². The molecule has 1 aromatic rings. The van der Waals surface area contributed by atoms with Crippen molar-refractivity contribution in [1.29, 1.82) is 0 Å². The van der Waals surface area contributed by atoms with Crippen molar-refractivity contribution < 1.29 is 24.2 Å². The molecule has 0 atom stereocenters. The molecule has 1 aromatic heterocycles. The van der Waals surface area contributed by atoms with Crippen LogP contribution in [0.1, 0.15) is 33.6 Å². The third-order valence-corrected chi connectivity index (χ3v) is 4.38. The Balaban J connectivity index is 2.30. The molecule has 0 aliphatic heterocycles. The number of nitrogens with one attached hydrogen (secondary N) is 1. The van der Waals surface area contributed by atoms with Gasteiger partial charge in [-0.15, -0.1) is 11.3 Å². The summed E-state index contributed by atoms with van der Waals surface area (Å²) in [5, 5.41) is 13.2. The lowest BCUT2D eigenvalue weighted by atomic mass is 9.95. The van der Waals surface area contributed by atoms with Crippen LogP contribution in [0.4, 0.5) is 5.00 Å². The van der Waals surface area contributed by atoms with Gasteiger partial charge in [-0.1, -0.05) is 0 Å². The summed E-state index contributed by atoms with van der Waals surface area (Å²) in [7, 11) is 1.29. The second-order valence-electron chi connectivity index (χ2n) is 4.55. The van der Waals surface area contributed by atoms with E-state index in [1.807, 2.05) is 0 Å². The molecule has 1 N–H and O–H groups in total. The summed E-state index contributed by atoms with van der Waals surface area (Å²) in [6, 6.07) is 0. The molecule has 1 heterocycles.